The average molecular weight is 290 g/mol. The van der Waals surface area contributed by atoms with Gasteiger partial charge >= 0.3 is 12.0 Å². The Bertz CT molecular complexity index is 368. The molecule has 0 bridgehead atoms. The fourth-order valence-electron chi connectivity index (χ4n) is 1.94. The molecule has 7 heteroatoms. The minimum absolute atomic E-state index is 0.0212. The molecule has 1 saturated heterocycles. The van der Waals surface area contributed by atoms with Crippen molar-refractivity contribution >= 4 is 22.8 Å². The van der Waals surface area contributed by atoms with E-state index in [0.717, 1.165) is 0 Å². The van der Waals surface area contributed by atoms with Crippen molar-refractivity contribution in [3.05, 3.63) is 0 Å². The fourth-order valence-corrected chi connectivity index (χ4v) is 3.24. The summed E-state index contributed by atoms with van der Waals surface area (Å²) in [5, 5.41) is 14.4. The number of hydrogen-bond donors (Lipinski definition) is 3. The lowest BCUT2D eigenvalue weighted by Gasteiger charge is -2.29. The van der Waals surface area contributed by atoms with E-state index in [1.54, 1.807) is 20.8 Å². The van der Waals surface area contributed by atoms with Crippen molar-refractivity contribution in [1.29, 1.82) is 0 Å². The van der Waals surface area contributed by atoms with Crippen LogP contribution in [-0.4, -0.2) is 44.9 Å². The maximum absolute atomic E-state index is 11.8. The molecule has 1 heterocycles. The van der Waals surface area contributed by atoms with Gasteiger partial charge < -0.3 is 15.7 Å². The zero-order valence-corrected chi connectivity index (χ0v) is 12.4. The van der Waals surface area contributed by atoms with E-state index in [0.29, 0.717) is 24.3 Å². The Labute approximate surface area is 115 Å². The topological polar surface area (TPSA) is 95.5 Å². The van der Waals surface area contributed by atoms with E-state index in [1.165, 1.54) is 0 Å². The molecule has 110 valence electrons. The first kappa shape index (κ1) is 15.9. The third-order valence-corrected chi connectivity index (χ3v) is 4.49. The first-order valence-electron chi connectivity index (χ1n) is 6.35. The number of amides is 2. The number of nitrogens with one attached hydrogen (secondary N) is 2. The Morgan fingerprint density at radius 1 is 1.26 bits per heavy atom. The highest BCUT2D eigenvalue weighted by atomic mass is 32.2. The van der Waals surface area contributed by atoms with E-state index >= 15 is 0 Å². The van der Waals surface area contributed by atoms with Crippen LogP contribution in [0.2, 0.25) is 0 Å². The molecule has 1 rings (SSSR count). The van der Waals surface area contributed by atoms with Crippen LogP contribution in [0.5, 0.6) is 0 Å². The molecule has 0 aromatic rings. The minimum atomic E-state index is -1.05. The van der Waals surface area contributed by atoms with Crippen LogP contribution in [0.15, 0.2) is 0 Å². The van der Waals surface area contributed by atoms with Crippen molar-refractivity contribution in [2.24, 2.45) is 5.41 Å². The van der Waals surface area contributed by atoms with Crippen molar-refractivity contribution < 1.29 is 18.9 Å². The predicted molar refractivity (Wildman–Crippen MR) is 73.4 cm³/mol. The molecule has 0 aromatic heterocycles. The lowest BCUT2D eigenvalue weighted by molar-refractivity contribution is -0.141. The van der Waals surface area contributed by atoms with E-state index in [9.17, 15) is 13.8 Å². The fraction of sp³-hybridized carbons (Fsp3) is 0.833. The quantitative estimate of drug-likeness (QED) is 0.713. The molecule has 6 nitrogen and oxygen atoms in total. The van der Waals surface area contributed by atoms with Crippen LogP contribution >= 0.6 is 0 Å². The van der Waals surface area contributed by atoms with E-state index in [1.807, 2.05) is 0 Å². The maximum atomic E-state index is 11.8. The van der Waals surface area contributed by atoms with Crippen molar-refractivity contribution in [3.63, 3.8) is 0 Å². The zero-order chi connectivity index (χ0) is 14.6. The van der Waals surface area contributed by atoms with Crippen molar-refractivity contribution in [2.75, 3.05) is 11.5 Å². The lowest BCUT2D eigenvalue weighted by Crippen LogP contribution is -2.54. The number of hydrogen-bond acceptors (Lipinski definition) is 3. The number of rotatable bonds is 3. The van der Waals surface area contributed by atoms with Gasteiger partial charge in [-0.15, -0.1) is 0 Å². The third kappa shape index (κ3) is 5.18. The Morgan fingerprint density at radius 3 is 2.21 bits per heavy atom. The van der Waals surface area contributed by atoms with Crippen LogP contribution in [0, 0.1) is 5.41 Å². The second-order valence-corrected chi connectivity index (χ2v) is 7.57. The second kappa shape index (κ2) is 6.36. The summed E-state index contributed by atoms with van der Waals surface area (Å²) < 4.78 is 11.2. The van der Waals surface area contributed by atoms with Gasteiger partial charge in [-0.05, 0) is 18.3 Å². The van der Waals surface area contributed by atoms with Crippen LogP contribution in [0.4, 0.5) is 4.79 Å². The molecule has 0 aliphatic carbocycles. The van der Waals surface area contributed by atoms with E-state index < -0.39 is 34.3 Å². The summed E-state index contributed by atoms with van der Waals surface area (Å²) in [6.45, 7) is 5.28. The Kier molecular flexibility index (Phi) is 5.34. The molecule has 0 unspecified atom stereocenters. The Balaban J connectivity index is 2.49. The highest BCUT2D eigenvalue weighted by molar-refractivity contribution is 7.85. The monoisotopic (exact) mass is 290 g/mol. The number of carboxylic acids is 1. The Hall–Kier alpha value is -1.11. The van der Waals surface area contributed by atoms with E-state index in [-0.39, 0.29) is 6.04 Å². The highest BCUT2D eigenvalue weighted by Crippen LogP contribution is 2.19. The minimum Gasteiger partial charge on any atom is -0.480 e. The van der Waals surface area contributed by atoms with Crippen molar-refractivity contribution in [3.8, 4) is 0 Å². The first-order chi connectivity index (χ1) is 8.70. The van der Waals surface area contributed by atoms with Crippen LogP contribution in [0.1, 0.15) is 33.6 Å². The van der Waals surface area contributed by atoms with Crippen molar-refractivity contribution in [2.45, 2.75) is 45.7 Å². The maximum Gasteiger partial charge on any atom is 0.326 e. The molecule has 0 saturated carbocycles. The largest absolute Gasteiger partial charge is 0.480 e. The molecular formula is C12H22N2O4S. The summed E-state index contributed by atoms with van der Waals surface area (Å²) in [7, 11) is -0.774. The molecule has 1 fully saturated rings. The molecule has 2 amide bonds. The van der Waals surface area contributed by atoms with Crippen molar-refractivity contribution in [1.82, 2.24) is 10.6 Å². The van der Waals surface area contributed by atoms with Gasteiger partial charge in [0.25, 0.3) is 0 Å². The lowest BCUT2D eigenvalue weighted by atomic mass is 9.87. The van der Waals surface area contributed by atoms with Gasteiger partial charge in [0.05, 0.1) is 0 Å². The van der Waals surface area contributed by atoms with Gasteiger partial charge in [-0.3, -0.25) is 4.21 Å². The summed E-state index contributed by atoms with van der Waals surface area (Å²) in [6.07, 6.45) is 1.35. The highest BCUT2D eigenvalue weighted by Gasteiger charge is 2.33. The number of aliphatic carboxylic acids is 1. The van der Waals surface area contributed by atoms with Gasteiger partial charge in [-0.2, -0.15) is 0 Å². The average Bonchev–Trinajstić information content (AvgIpc) is 2.27. The summed E-state index contributed by atoms with van der Waals surface area (Å²) in [5.41, 5.74) is -0.558. The summed E-state index contributed by atoms with van der Waals surface area (Å²) in [6, 6.07) is -1.43. The van der Waals surface area contributed by atoms with Gasteiger partial charge in [-0.1, -0.05) is 20.8 Å². The molecular weight excluding hydrogens is 268 g/mol. The molecule has 1 atom stereocenters. The van der Waals surface area contributed by atoms with Crippen LogP contribution < -0.4 is 10.6 Å². The normalized spacial score (nSPS) is 25.4. The van der Waals surface area contributed by atoms with Gasteiger partial charge in [0.15, 0.2) is 0 Å². The summed E-state index contributed by atoms with van der Waals surface area (Å²) in [4.78, 5) is 22.9. The molecule has 1 aliphatic heterocycles. The van der Waals surface area contributed by atoms with Crippen LogP contribution in [-0.2, 0) is 15.6 Å². The standard InChI is InChI=1S/C12H22N2O4S/c1-12(2,3)9(10(15)16)14-11(17)13-8-4-6-19(18)7-5-8/h8-9H,4-7H2,1-3H3,(H,15,16)(H2,13,14,17)/t8?,9-,19?/m0/s1. The Morgan fingerprint density at radius 2 is 1.79 bits per heavy atom. The molecule has 1 aliphatic rings. The van der Waals surface area contributed by atoms with Gasteiger partial charge in [0.1, 0.15) is 6.04 Å². The third-order valence-electron chi connectivity index (χ3n) is 3.11. The smallest absolute Gasteiger partial charge is 0.326 e. The zero-order valence-electron chi connectivity index (χ0n) is 11.6. The van der Waals surface area contributed by atoms with E-state index in [4.69, 9.17) is 5.11 Å². The van der Waals surface area contributed by atoms with Gasteiger partial charge in [0.2, 0.25) is 0 Å². The molecule has 3 N–H and O–H groups in total. The van der Waals surface area contributed by atoms with Crippen LogP contribution in [0.3, 0.4) is 0 Å². The molecule has 0 spiro atoms. The van der Waals surface area contributed by atoms with E-state index in [2.05, 4.69) is 10.6 Å². The van der Waals surface area contributed by atoms with Gasteiger partial charge in [0, 0.05) is 28.3 Å². The second-order valence-electron chi connectivity index (χ2n) is 5.88. The SMILES string of the molecule is CC(C)(C)[C@@H](NC(=O)NC1CCS(=O)CC1)C(=O)O. The van der Waals surface area contributed by atoms with Gasteiger partial charge in [-0.25, -0.2) is 9.59 Å². The summed E-state index contributed by atoms with van der Waals surface area (Å²) in [5.74, 6) is 0.131. The molecule has 0 radical (unpaired) electrons. The summed E-state index contributed by atoms with van der Waals surface area (Å²) >= 11 is 0. The first-order valence-corrected chi connectivity index (χ1v) is 7.84. The number of urea groups is 1. The predicted octanol–water partition coefficient (Wildman–Crippen LogP) is 0.696. The number of carboxylic acid groups (broad SMARTS) is 1. The molecule has 0 aromatic carbocycles. The number of carbonyl (C=O) groups excluding carboxylic acids is 1. The van der Waals surface area contributed by atoms with Crippen LogP contribution in [0.25, 0.3) is 0 Å². The molecule has 19 heavy (non-hydrogen) atoms. The number of carbonyl (C=O) groups is 2.